The monoisotopic (exact) mass is 557 g/mol. The molecule has 0 saturated heterocycles. The number of aryl methyl sites for hydroxylation is 1. The molecule has 0 aliphatic carbocycles. The van der Waals surface area contributed by atoms with Crippen molar-refractivity contribution in [3.63, 3.8) is 0 Å². The maximum Gasteiger partial charge on any atom is 0.172 e. The van der Waals surface area contributed by atoms with Crippen LogP contribution in [0.4, 0.5) is 15.9 Å². The lowest BCUT2D eigenvalue weighted by molar-refractivity contribution is 0.273. The molecule has 4 heterocycles. The Hall–Kier alpha value is -4.47. The molecule has 0 bridgehead atoms. The van der Waals surface area contributed by atoms with E-state index in [4.69, 9.17) is 14.5 Å². The minimum atomic E-state index is -0.479. The summed E-state index contributed by atoms with van der Waals surface area (Å²) in [6.45, 7) is 10.8. The first-order valence-electron chi connectivity index (χ1n) is 14.1. The number of ether oxygens (including phenoxy) is 2. The van der Waals surface area contributed by atoms with E-state index in [0.29, 0.717) is 41.2 Å². The number of pyridine rings is 2. The van der Waals surface area contributed by atoms with Crippen molar-refractivity contribution < 1.29 is 13.9 Å². The van der Waals surface area contributed by atoms with Crippen molar-refractivity contribution in [2.45, 2.75) is 47.0 Å². The average molecular weight is 558 g/mol. The summed E-state index contributed by atoms with van der Waals surface area (Å²) in [5.41, 5.74) is 2.43. The molecule has 0 spiro atoms. The van der Waals surface area contributed by atoms with Gasteiger partial charge in [-0.15, -0.1) is 0 Å². The molecular formula is C31H36FN7O2. The van der Waals surface area contributed by atoms with E-state index in [-0.39, 0.29) is 5.69 Å². The zero-order valence-corrected chi connectivity index (χ0v) is 24.0. The smallest absolute Gasteiger partial charge is 0.172 e. The number of benzene rings is 1. The Morgan fingerprint density at radius 1 is 1.22 bits per heavy atom. The van der Waals surface area contributed by atoms with Crippen LogP contribution in [0.25, 0.3) is 5.65 Å². The average Bonchev–Trinajstić information content (AvgIpc) is 3.37. The lowest BCUT2D eigenvalue weighted by atomic mass is 10.1. The summed E-state index contributed by atoms with van der Waals surface area (Å²) in [6.07, 6.45) is 9.83. The van der Waals surface area contributed by atoms with Crippen LogP contribution in [0.15, 0.2) is 66.2 Å². The molecule has 0 radical (unpaired) electrons. The number of aliphatic imine (C=N–C) groups is 1. The first kappa shape index (κ1) is 28.1. The van der Waals surface area contributed by atoms with Gasteiger partial charge in [0.1, 0.15) is 29.3 Å². The number of halogens is 1. The number of unbranched alkanes of at least 4 members (excludes halogenated alkanes) is 1. The second-order valence-electron chi connectivity index (χ2n) is 10.3. The van der Waals surface area contributed by atoms with Gasteiger partial charge in [0.2, 0.25) is 0 Å². The van der Waals surface area contributed by atoms with Gasteiger partial charge in [0.15, 0.2) is 23.1 Å². The van der Waals surface area contributed by atoms with Crippen molar-refractivity contribution in [2.24, 2.45) is 10.9 Å². The minimum absolute atomic E-state index is 0.262. The fourth-order valence-electron chi connectivity index (χ4n) is 4.61. The van der Waals surface area contributed by atoms with E-state index in [9.17, 15) is 0 Å². The molecule has 0 amide bonds. The second kappa shape index (κ2) is 12.8. The van der Waals surface area contributed by atoms with Crippen LogP contribution in [0.1, 0.15) is 51.3 Å². The first-order chi connectivity index (χ1) is 19.9. The van der Waals surface area contributed by atoms with Gasteiger partial charge in [-0.1, -0.05) is 33.3 Å². The number of amidine groups is 1. The standard InChI is InChI=1S/C31H36FN7O2/c1-5-7-12-33-30(29-22(4)15-27-31(37-29)38(13-8-6-2)18-21(3)19-40-27)36-26-10-9-23(16-25(26)32)41-24-11-14-39-28(17-24)34-20-35-39/h7,9-12,14-17,20-21H,5-6,8,13,18-19H2,1-4H3,(H,33,36)/b12-7+. The Morgan fingerprint density at radius 3 is 2.88 bits per heavy atom. The van der Waals surface area contributed by atoms with E-state index in [2.05, 4.69) is 39.1 Å². The molecule has 1 aliphatic rings. The third-order valence-corrected chi connectivity index (χ3v) is 6.75. The molecule has 4 aromatic rings. The van der Waals surface area contributed by atoms with Gasteiger partial charge in [-0.05, 0) is 49.6 Å². The van der Waals surface area contributed by atoms with Crippen molar-refractivity contribution in [2.75, 3.05) is 29.9 Å². The van der Waals surface area contributed by atoms with Gasteiger partial charge in [0, 0.05) is 43.5 Å². The Labute approximate surface area is 239 Å². The number of rotatable bonds is 9. The summed E-state index contributed by atoms with van der Waals surface area (Å²) in [7, 11) is 0. The summed E-state index contributed by atoms with van der Waals surface area (Å²) in [5, 5.41) is 7.27. The molecule has 9 nitrogen and oxygen atoms in total. The van der Waals surface area contributed by atoms with Crippen LogP contribution in [-0.2, 0) is 0 Å². The number of anilines is 2. The molecule has 0 fully saturated rings. The lowest BCUT2D eigenvalue weighted by Gasteiger charge is -2.25. The third-order valence-electron chi connectivity index (χ3n) is 6.75. The van der Waals surface area contributed by atoms with Gasteiger partial charge in [0.25, 0.3) is 0 Å². The van der Waals surface area contributed by atoms with Crippen molar-refractivity contribution in [3.8, 4) is 17.2 Å². The maximum atomic E-state index is 15.4. The molecular weight excluding hydrogens is 521 g/mol. The SMILES string of the molecule is CC/C=C/N=C(/Nc1ccc(Oc2ccn3ncnc3c2)cc1F)c1nc2c(cc1C)OCC(C)CN2CCCC. The number of hydrogen-bond acceptors (Lipinski definition) is 7. The van der Waals surface area contributed by atoms with Crippen molar-refractivity contribution >= 4 is 23.0 Å². The molecule has 10 heteroatoms. The number of allylic oxidation sites excluding steroid dienone is 1. The number of hydrogen-bond donors (Lipinski definition) is 1. The van der Waals surface area contributed by atoms with Crippen LogP contribution >= 0.6 is 0 Å². The Balaban J connectivity index is 1.44. The molecule has 1 atom stereocenters. The fraction of sp³-hybridized carbons (Fsp3) is 0.355. The lowest BCUT2D eigenvalue weighted by Crippen LogP contribution is -2.30. The van der Waals surface area contributed by atoms with Gasteiger partial charge in [0.05, 0.1) is 12.3 Å². The van der Waals surface area contributed by atoms with E-state index in [1.54, 1.807) is 41.2 Å². The predicted molar refractivity (Wildman–Crippen MR) is 160 cm³/mol. The third kappa shape index (κ3) is 6.65. The van der Waals surface area contributed by atoms with E-state index >= 15 is 4.39 Å². The zero-order valence-electron chi connectivity index (χ0n) is 24.0. The number of nitrogens with zero attached hydrogens (tertiary/aromatic N) is 6. The highest BCUT2D eigenvalue weighted by atomic mass is 19.1. The van der Waals surface area contributed by atoms with Gasteiger partial charge in [-0.2, -0.15) is 5.10 Å². The van der Waals surface area contributed by atoms with E-state index < -0.39 is 5.82 Å². The number of fused-ring (bicyclic) bond motifs is 2. The summed E-state index contributed by atoms with van der Waals surface area (Å²) in [5.74, 6) is 2.81. The largest absolute Gasteiger partial charge is 0.489 e. The quantitative estimate of drug-likeness (QED) is 0.179. The van der Waals surface area contributed by atoms with E-state index in [1.165, 1.54) is 12.4 Å². The van der Waals surface area contributed by atoms with Crippen LogP contribution < -0.4 is 19.7 Å². The molecule has 214 valence electrons. The highest BCUT2D eigenvalue weighted by Gasteiger charge is 2.25. The molecule has 1 aliphatic heterocycles. The Bertz CT molecular complexity index is 1570. The number of nitrogens with one attached hydrogen (secondary N) is 1. The van der Waals surface area contributed by atoms with E-state index in [1.807, 2.05) is 26.0 Å². The van der Waals surface area contributed by atoms with Crippen LogP contribution in [0.3, 0.4) is 0 Å². The highest BCUT2D eigenvalue weighted by Crippen LogP contribution is 2.33. The summed E-state index contributed by atoms with van der Waals surface area (Å²) >= 11 is 0. The van der Waals surface area contributed by atoms with Crippen LogP contribution in [0, 0.1) is 18.7 Å². The van der Waals surface area contributed by atoms with E-state index in [0.717, 1.165) is 49.5 Å². The predicted octanol–water partition coefficient (Wildman–Crippen LogP) is 6.78. The molecule has 1 unspecified atom stereocenters. The van der Waals surface area contributed by atoms with Crippen LogP contribution in [-0.4, -0.2) is 45.1 Å². The molecule has 5 rings (SSSR count). The number of aromatic nitrogens is 4. The minimum Gasteiger partial charge on any atom is -0.489 e. The normalized spacial score (nSPS) is 15.6. The summed E-state index contributed by atoms with van der Waals surface area (Å²) in [6, 6.07) is 10.2. The van der Waals surface area contributed by atoms with Gasteiger partial charge in [-0.3, -0.25) is 0 Å². The highest BCUT2D eigenvalue weighted by molar-refractivity contribution is 6.08. The summed E-state index contributed by atoms with van der Waals surface area (Å²) in [4.78, 5) is 16.2. The van der Waals surface area contributed by atoms with Gasteiger partial charge in [-0.25, -0.2) is 23.9 Å². The van der Waals surface area contributed by atoms with Crippen molar-refractivity contribution in [1.29, 1.82) is 0 Å². The molecule has 0 saturated carbocycles. The summed E-state index contributed by atoms with van der Waals surface area (Å²) < 4.78 is 29.1. The fourth-order valence-corrected chi connectivity index (χ4v) is 4.61. The van der Waals surface area contributed by atoms with Gasteiger partial charge < -0.3 is 19.7 Å². The van der Waals surface area contributed by atoms with Crippen molar-refractivity contribution in [1.82, 2.24) is 19.6 Å². The molecule has 3 aromatic heterocycles. The molecule has 41 heavy (non-hydrogen) atoms. The topological polar surface area (TPSA) is 89.2 Å². The first-order valence-corrected chi connectivity index (χ1v) is 14.1. The van der Waals surface area contributed by atoms with Gasteiger partial charge >= 0.3 is 0 Å². The van der Waals surface area contributed by atoms with Crippen molar-refractivity contribution in [3.05, 3.63) is 78.3 Å². The van der Waals surface area contributed by atoms with Crippen LogP contribution in [0.2, 0.25) is 0 Å². The van der Waals surface area contributed by atoms with Crippen LogP contribution in [0.5, 0.6) is 17.2 Å². The Morgan fingerprint density at radius 2 is 2.07 bits per heavy atom. The Kier molecular flexibility index (Phi) is 8.76. The molecule has 1 N–H and O–H groups in total. The maximum absolute atomic E-state index is 15.4. The molecule has 1 aromatic carbocycles. The zero-order chi connectivity index (χ0) is 28.8. The second-order valence-corrected chi connectivity index (χ2v) is 10.3.